The number of aromatic hydroxyl groups is 3. The Bertz CT molecular complexity index is 1090. The van der Waals surface area contributed by atoms with E-state index in [4.69, 9.17) is 5.73 Å². The molecule has 0 aliphatic carbocycles. The predicted octanol–water partition coefficient (Wildman–Crippen LogP) is 1.57. The van der Waals surface area contributed by atoms with Gasteiger partial charge in [-0.25, -0.2) is 4.98 Å². The Hall–Kier alpha value is -3.55. The average Bonchev–Trinajstić information content (AvgIpc) is 2.93. The summed E-state index contributed by atoms with van der Waals surface area (Å²) in [5.74, 6) is 0.357. The molecule has 0 fully saturated rings. The third kappa shape index (κ3) is 2.21. The molecule has 5 N–H and O–H groups in total. The summed E-state index contributed by atoms with van der Waals surface area (Å²) >= 11 is 0. The molecule has 0 unspecified atom stereocenters. The van der Waals surface area contributed by atoms with Crippen molar-refractivity contribution in [3.63, 3.8) is 0 Å². The van der Waals surface area contributed by atoms with E-state index >= 15 is 0 Å². The van der Waals surface area contributed by atoms with Crippen LogP contribution in [0, 0.1) is 0 Å². The Morgan fingerprint density at radius 3 is 2.58 bits per heavy atom. The highest BCUT2D eigenvalue weighted by Crippen LogP contribution is 2.27. The number of nitrogens with zero attached hydrogens (tertiary/aromatic N) is 4. The monoisotopic (exact) mass is 323 g/mol. The second-order valence-corrected chi connectivity index (χ2v) is 5.43. The zero-order valence-corrected chi connectivity index (χ0v) is 12.4. The van der Waals surface area contributed by atoms with Gasteiger partial charge in [0.2, 0.25) is 5.95 Å². The summed E-state index contributed by atoms with van der Waals surface area (Å²) < 4.78 is 1.54. The number of aromatic nitrogens is 4. The van der Waals surface area contributed by atoms with Gasteiger partial charge in [-0.1, -0.05) is 6.07 Å². The topological polar surface area (TPSA) is 130 Å². The van der Waals surface area contributed by atoms with Crippen LogP contribution in [0.5, 0.6) is 17.2 Å². The second-order valence-electron chi connectivity index (χ2n) is 5.43. The Morgan fingerprint density at radius 1 is 0.958 bits per heavy atom. The maximum Gasteiger partial charge on any atom is 0.240 e. The Labute approximate surface area is 135 Å². The molecular formula is C16H13N5O3. The Morgan fingerprint density at radius 2 is 1.79 bits per heavy atom. The zero-order chi connectivity index (χ0) is 16.8. The molecule has 8 heteroatoms. The standard InChI is InChI=1S/C16H13N5O3/c17-16-19-15-10-3-2-9(22)7-11(10)18-14(21(15)20-16)6-8-1-4-12(23)13(24)5-8/h1-5,7,22-24H,6H2,(H2,17,20). The SMILES string of the molecule is Nc1nc2c3ccc(O)cc3nc(Cc3ccc(O)c(O)c3)n2n1. The first-order valence-electron chi connectivity index (χ1n) is 7.16. The van der Waals surface area contributed by atoms with Gasteiger partial charge in [0.15, 0.2) is 17.1 Å². The highest BCUT2D eigenvalue weighted by Gasteiger charge is 2.14. The van der Waals surface area contributed by atoms with Crippen LogP contribution in [0.4, 0.5) is 5.95 Å². The van der Waals surface area contributed by atoms with E-state index in [-0.39, 0.29) is 23.2 Å². The molecule has 120 valence electrons. The number of fused-ring (bicyclic) bond motifs is 3. The van der Waals surface area contributed by atoms with Crippen molar-refractivity contribution in [2.24, 2.45) is 0 Å². The van der Waals surface area contributed by atoms with E-state index in [1.807, 2.05) is 0 Å². The molecule has 4 rings (SSSR count). The number of benzene rings is 2. The molecule has 0 spiro atoms. The molecule has 0 aliphatic rings. The van der Waals surface area contributed by atoms with Crippen molar-refractivity contribution in [2.45, 2.75) is 6.42 Å². The van der Waals surface area contributed by atoms with Gasteiger partial charge in [0.1, 0.15) is 11.6 Å². The van der Waals surface area contributed by atoms with E-state index in [0.717, 1.165) is 5.56 Å². The fourth-order valence-corrected chi connectivity index (χ4v) is 2.65. The van der Waals surface area contributed by atoms with Gasteiger partial charge in [0, 0.05) is 17.9 Å². The van der Waals surface area contributed by atoms with Crippen LogP contribution < -0.4 is 5.73 Å². The lowest BCUT2D eigenvalue weighted by Crippen LogP contribution is -2.05. The summed E-state index contributed by atoms with van der Waals surface area (Å²) in [5, 5.41) is 33.6. The van der Waals surface area contributed by atoms with Crippen LogP contribution in [0.25, 0.3) is 16.6 Å². The van der Waals surface area contributed by atoms with E-state index in [2.05, 4.69) is 15.1 Å². The van der Waals surface area contributed by atoms with Gasteiger partial charge in [-0.15, -0.1) is 5.10 Å². The smallest absolute Gasteiger partial charge is 0.240 e. The maximum atomic E-state index is 9.69. The second kappa shape index (κ2) is 4.98. The largest absolute Gasteiger partial charge is 0.508 e. The molecule has 0 amide bonds. The normalized spacial score (nSPS) is 11.3. The predicted molar refractivity (Wildman–Crippen MR) is 86.9 cm³/mol. The van der Waals surface area contributed by atoms with Crippen molar-refractivity contribution >= 4 is 22.5 Å². The molecule has 4 aromatic rings. The first-order valence-corrected chi connectivity index (χ1v) is 7.16. The van der Waals surface area contributed by atoms with Crippen LogP contribution in [0.3, 0.4) is 0 Å². The lowest BCUT2D eigenvalue weighted by atomic mass is 10.1. The first-order chi connectivity index (χ1) is 11.5. The lowest BCUT2D eigenvalue weighted by Gasteiger charge is -2.08. The van der Waals surface area contributed by atoms with Crippen LogP contribution in [-0.2, 0) is 6.42 Å². The van der Waals surface area contributed by atoms with Gasteiger partial charge in [0.25, 0.3) is 0 Å². The van der Waals surface area contributed by atoms with Gasteiger partial charge < -0.3 is 21.1 Å². The minimum atomic E-state index is -0.208. The quantitative estimate of drug-likeness (QED) is 0.412. The van der Waals surface area contributed by atoms with Crippen LogP contribution in [0.2, 0.25) is 0 Å². The van der Waals surface area contributed by atoms with Gasteiger partial charge in [0.05, 0.1) is 5.52 Å². The van der Waals surface area contributed by atoms with E-state index in [1.165, 1.54) is 18.2 Å². The Balaban J connectivity index is 1.93. The zero-order valence-electron chi connectivity index (χ0n) is 12.4. The van der Waals surface area contributed by atoms with Crippen molar-refractivity contribution in [2.75, 3.05) is 5.73 Å². The molecule has 2 aromatic carbocycles. The van der Waals surface area contributed by atoms with Crippen LogP contribution in [0.15, 0.2) is 36.4 Å². The summed E-state index contributed by atoms with van der Waals surface area (Å²) in [4.78, 5) is 8.75. The summed E-state index contributed by atoms with van der Waals surface area (Å²) in [6, 6.07) is 9.33. The summed E-state index contributed by atoms with van der Waals surface area (Å²) in [6.07, 6.45) is 0.332. The van der Waals surface area contributed by atoms with E-state index < -0.39 is 0 Å². The number of nitrogens with two attached hydrogens (primary N) is 1. The van der Waals surface area contributed by atoms with Gasteiger partial charge in [-0.3, -0.25) is 0 Å². The minimum absolute atomic E-state index is 0.0973. The highest BCUT2D eigenvalue weighted by molar-refractivity contribution is 5.92. The highest BCUT2D eigenvalue weighted by atomic mass is 16.3. The van der Waals surface area contributed by atoms with Crippen molar-refractivity contribution < 1.29 is 15.3 Å². The molecule has 0 radical (unpaired) electrons. The molecule has 8 nitrogen and oxygen atoms in total. The number of anilines is 1. The molecule has 0 saturated heterocycles. The molecule has 0 saturated carbocycles. The summed E-state index contributed by atoms with van der Waals surface area (Å²) in [6.45, 7) is 0. The maximum absolute atomic E-state index is 9.69. The fraction of sp³-hybridized carbons (Fsp3) is 0.0625. The molecule has 24 heavy (non-hydrogen) atoms. The lowest BCUT2D eigenvalue weighted by molar-refractivity contribution is 0.403. The molecular weight excluding hydrogens is 310 g/mol. The first kappa shape index (κ1) is 14.1. The van der Waals surface area contributed by atoms with Gasteiger partial charge >= 0.3 is 0 Å². The van der Waals surface area contributed by atoms with Gasteiger partial charge in [-0.2, -0.15) is 9.50 Å². The van der Waals surface area contributed by atoms with E-state index in [0.29, 0.717) is 28.8 Å². The Kier molecular flexibility index (Phi) is 2.92. The third-order valence-corrected chi connectivity index (χ3v) is 3.74. The third-order valence-electron chi connectivity index (χ3n) is 3.74. The number of nitrogen functional groups attached to an aromatic ring is 1. The molecule has 2 heterocycles. The fourth-order valence-electron chi connectivity index (χ4n) is 2.65. The van der Waals surface area contributed by atoms with E-state index in [1.54, 1.807) is 22.7 Å². The van der Waals surface area contributed by atoms with Gasteiger partial charge in [-0.05, 0) is 29.8 Å². The molecule has 0 atom stereocenters. The minimum Gasteiger partial charge on any atom is -0.508 e. The molecule has 0 bridgehead atoms. The van der Waals surface area contributed by atoms with Crippen molar-refractivity contribution in [3.8, 4) is 17.2 Å². The van der Waals surface area contributed by atoms with Crippen LogP contribution in [-0.4, -0.2) is 34.9 Å². The number of hydrogen-bond donors (Lipinski definition) is 4. The van der Waals surface area contributed by atoms with Crippen LogP contribution in [0.1, 0.15) is 11.4 Å². The number of phenols is 3. The van der Waals surface area contributed by atoms with Crippen LogP contribution >= 0.6 is 0 Å². The van der Waals surface area contributed by atoms with Crippen molar-refractivity contribution in [1.82, 2.24) is 19.6 Å². The average molecular weight is 323 g/mol. The number of rotatable bonds is 2. The molecule has 2 aromatic heterocycles. The van der Waals surface area contributed by atoms with Crippen molar-refractivity contribution in [3.05, 3.63) is 47.8 Å². The van der Waals surface area contributed by atoms with E-state index in [9.17, 15) is 15.3 Å². The summed E-state index contributed by atoms with van der Waals surface area (Å²) in [5.41, 5.74) is 7.55. The molecule has 0 aliphatic heterocycles. The van der Waals surface area contributed by atoms with Crippen molar-refractivity contribution in [1.29, 1.82) is 0 Å². The summed E-state index contributed by atoms with van der Waals surface area (Å²) in [7, 11) is 0. The number of hydrogen-bond acceptors (Lipinski definition) is 7. The number of phenolic OH excluding ortho intramolecular Hbond substituents is 3.